The third kappa shape index (κ3) is 4.89. The first-order chi connectivity index (χ1) is 15.2. The van der Waals surface area contributed by atoms with E-state index in [1.165, 1.54) is 51.8 Å². The van der Waals surface area contributed by atoms with Gasteiger partial charge >= 0.3 is 0 Å². The minimum Gasteiger partial charge on any atom is -0.322 e. The van der Waals surface area contributed by atoms with E-state index in [0.29, 0.717) is 0 Å². The van der Waals surface area contributed by atoms with Crippen LogP contribution in [0.15, 0.2) is 66.7 Å². The Morgan fingerprint density at radius 2 is 1.31 bits per heavy atom. The van der Waals surface area contributed by atoms with Crippen molar-refractivity contribution in [2.75, 3.05) is 0 Å². The number of fused-ring (bicyclic) bond motifs is 3. The maximum Gasteiger partial charge on any atom is 0.0378 e. The third-order valence-corrected chi connectivity index (χ3v) is 6.88. The van der Waals surface area contributed by atoms with Gasteiger partial charge in [-0.25, -0.2) is 0 Å². The highest BCUT2D eigenvalue weighted by Gasteiger charge is 2.34. The highest BCUT2D eigenvalue weighted by atomic mass is 14.7. The summed E-state index contributed by atoms with van der Waals surface area (Å²) in [5.74, 6) is 0. The third-order valence-electron chi connectivity index (χ3n) is 6.88. The maximum absolute atomic E-state index is 6.35. The van der Waals surface area contributed by atoms with Crippen LogP contribution in [-0.4, -0.2) is 0 Å². The van der Waals surface area contributed by atoms with Gasteiger partial charge in [0.15, 0.2) is 0 Å². The molecular weight excluding hydrogens is 386 g/mol. The Labute approximate surface area is 195 Å². The smallest absolute Gasteiger partial charge is 0.0378 e. The van der Waals surface area contributed by atoms with E-state index >= 15 is 0 Å². The summed E-state index contributed by atoms with van der Waals surface area (Å²) in [4.78, 5) is 0. The van der Waals surface area contributed by atoms with Gasteiger partial charge in [0.2, 0.25) is 0 Å². The Morgan fingerprint density at radius 3 is 1.94 bits per heavy atom. The topological polar surface area (TPSA) is 26.0 Å². The fourth-order valence-corrected chi connectivity index (χ4v) is 4.20. The molecule has 0 saturated heterocycles. The zero-order valence-corrected chi connectivity index (χ0v) is 20.7. The van der Waals surface area contributed by atoms with Gasteiger partial charge in [-0.1, -0.05) is 126 Å². The number of nitrogens with two attached hydrogens (primary N) is 1. The van der Waals surface area contributed by atoms with E-state index in [1.54, 1.807) is 0 Å². The molecule has 1 heteroatoms. The monoisotopic (exact) mass is 425 g/mol. The van der Waals surface area contributed by atoms with Gasteiger partial charge in [0, 0.05) is 11.0 Å². The highest BCUT2D eigenvalue weighted by Crippen LogP contribution is 2.48. The Morgan fingerprint density at radius 1 is 0.750 bits per heavy atom. The molecular formula is C31H39N. The first kappa shape index (κ1) is 24.0. The number of hydrogen-bond acceptors (Lipinski definition) is 1. The molecule has 0 radical (unpaired) electrons. The molecule has 0 bridgehead atoms. The van der Waals surface area contributed by atoms with Crippen LogP contribution in [0.2, 0.25) is 0 Å². The Balaban J connectivity index is 0.000000668. The number of benzene rings is 3. The van der Waals surface area contributed by atoms with Crippen molar-refractivity contribution < 1.29 is 0 Å². The number of unbranched alkanes of at least 4 members (excludes halogenated alkanes) is 1. The first-order valence-corrected chi connectivity index (χ1v) is 12.1. The van der Waals surface area contributed by atoms with Crippen molar-refractivity contribution in [2.24, 2.45) is 5.73 Å². The van der Waals surface area contributed by atoms with Crippen molar-refractivity contribution in [2.45, 2.75) is 71.8 Å². The van der Waals surface area contributed by atoms with Gasteiger partial charge in [-0.15, -0.1) is 0 Å². The largest absolute Gasteiger partial charge is 0.322 e. The number of hydrogen-bond donors (Lipinski definition) is 1. The molecule has 0 aromatic heterocycles. The van der Waals surface area contributed by atoms with Crippen molar-refractivity contribution in [3.8, 4) is 11.1 Å². The second-order valence-electron chi connectivity index (χ2n) is 9.70. The van der Waals surface area contributed by atoms with E-state index in [2.05, 4.69) is 120 Å². The molecule has 0 aliphatic heterocycles. The van der Waals surface area contributed by atoms with E-state index < -0.39 is 0 Å². The average Bonchev–Trinajstić information content (AvgIpc) is 3.05. The van der Waals surface area contributed by atoms with Crippen molar-refractivity contribution in [3.63, 3.8) is 0 Å². The predicted octanol–water partition coefficient (Wildman–Crippen LogP) is 8.55. The van der Waals surface area contributed by atoms with Crippen LogP contribution in [0.3, 0.4) is 0 Å². The summed E-state index contributed by atoms with van der Waals surface area (Å²) < 4.78 is 0. The molecule has 1 unspecified atom stereocenters. The molecule has 0 spiro atoms. The van der Waals surface area contributed by atoms with Gasteiger partial charge in [-0.3, -0.25) is 0 Å². The van der Waals surface area contributed by atoms with E-state index in [1.807, 2.05) is 0 Å². The van der Waals surface area contributed by atoms with Crippen molar-refractivity contribution >= 4 is 12.2 Å². The molecule has 0 saturated carbocycles. The van der Waals surface area contributed by atoms with Crippen LogP contribution in [0, 0.1) is 0 Å². The summed E-state index contributed by atoms with van der Waals surface area (Å²) in [6, 6.07) is 24.2. The summed E-state index contributed by atoms with van der Waals surface area (Å²) in [6.45, 7) is 13.2. The van der Waals surface area contributed by atoms with E-state index in [0.717, 1.165) is 6.42 Å². The average molecular weight is 426 g/mol. The molecule has 168 valence electrons. The fraction of sp³-hybridized carbons (Fsp3) is 0.355. The molecule has 1 nitrogen and oxygen atoms in total. The zero-order valence-electron chi connectivity index (χ0n) is 20.7. The lowest BCUT2D eigenvalue weighted by Gasteiger charge is -2.23. The fourth-order valence-electron chi connectivity index (χ4n) is 4.20. The molecule has 0 amide bonds. The molecule has 0 heterocycles. The van der Waals surface area contributed by atoms with Crippen LogP contribution in [-0.2, 0) is 11.0 Å². The Hall–Kier alpha value is -2.64. The first-order valence-electron chi connectivity index (χ1n) is 12.1. The van der Waals surface area contributed by atoms with E-state index in [-0.39, 0.29) is 11.0 Å². The molecule has 0 fully saturated rings. The molecule has 1 aliphatic carbocycles. The predicted molar refractivity (Wildman–Crippen MR) is 142 cm³/mol. The maximum atomic E-state index is 6.35. The quantitative estimate of drug-likeness (QED) is 0.407. The lowest BCUT2D eigenvalue weighted by molar-refractivity contribution is 0.476. The summed E-state index contributed by atoms with van der Waals surface area (Å²) in [7, 11) is 0. The zero-order chi connectivity index (χ0) is 23.4. The minimum atomic E-state index is -0.261. The van der Waals surface area contributed by atoms with Gasteiger partial charge in [0.25, 0.3) is 0 Å². The van der Waals surface area contributed by atoms with E-state index in [4.69, 9.17) is 5.73 Å². The summed E-state index contributed by atoms with van der Waals surface area (Å²) in [6.07, 6.45) is 7.95. The van der Waals surface area contributed by atoms with Crippen molar-refractivity contribution in [1.29, 1.82) is 0 Å². The minimum absolute atomic E-state index is 0.0448. The Bertz CT molecular complexity index is 1070. The van der Waals surface area contributed by atoms with E-state index in [9.17, 15) is 0 Å². The van der Waals surface area contributed by atoms with Crippen LogP contribution in [0.25, 0.3) is 23.3 Å². The lowest BCUT2D eigenvalue weighted by Crippen LogP contribution is -2.31. The molecule has 1 atom stereocenters. The molecule has 3 aromatic rings. The SMILES string of the molecule is CCC(C)(N)c1ccc(/C=C/c2ccc3c(c2)C(C)(C)c2ccccc2-3)cc1.CCCC. The van der Waals surface area contributed by atoms with Gasteiger partial charge in [-0.2, -0.15) is 0 Å². The standard InChI is InChI=1S/C27H29N.C4H10/c1-5-27(4,28)21-15-12-19(13-16-21)10-11-20-14-17-23-22-8-6-7-9-24(22)26(2,3)25(23)18-20;1-3-4-2/h6-18H,5,28H2,1-4H3;3-4H2,1-2H3/b11-10+;. The van der Waals surface area contributed by atoms with Crippen LogP contribution in [0.4, 0.5) is 0 Å². The van der Waals surface area contributed by atoms with Gasteiger partial charge in [-0.05, 0) is 52.3 Å². The van der Waals surface area contributed by atoms with Gasteiger partial charge in [0.05, 0.1) is 0 Å². The number of rotatable bonds is 5. The normalized spacial score (nSPS) is 15.5. The van der Waals surface area contributed by atoms with Gasteiger partial charge in [0.1, 0.15) is 0 Å². The van der Waals surface area contributed by atoms with Crippen molar-refractivity contribution in [1.82, 2.24) is 0 Å². The molecule has 4 rings (SSSR count). The Kier molecular flexibility index (Phi) is 7.41. The second-order valence-corrected chi connectivity index (χ2v) is 9.70. The molecule has 3 aromatic carbocycles. The molecule has 1 aliphatic rings. The second kappa shape index (κ2) is 9.88. The summed E-state index contributed by atoms with van der Waals surface area (Å²) >= 11 is 0. The molecule has 2 N–H and O–H groups in total. The summed E-state index contributed by atoms with van der Waals surface area (Å²) in [5, 5.41) is 0. The lowest BCUT2D eigenvalue weighted by atomic mass is 9.82. The van der Waals surface area contributed by atoms with Gasteiger partial charge < -0.3 is 5.73 Å². The van der Waals surface area contributed by atoms with Crippen LogP contribution < -0.4 is 5.73 Å². The molecule has 32 heavy (non-hydrogen) atoms. The summed E-state index contributed by atoms with van der Waals surface area (Å²) in [5.41, 5.74) is 15.3. The van der Waals surface area contributed by atoms with Crippen LogP contribution in [0.1, 0.15) is 88.6 Å². The van der Waals surface area contributed by atoms with Crippen molar-refractivity contribution in [3.05, 3.63) is 94.5 Å². The van der Waals surface area contributed by atoms with Crippen LogP contribution in [0.5, 0.6) is 0 Å². The highest BCUT2D eigenvalue weighted by molar-refractivity contribution is 5.82. The van der Waals surface area contributed by atoms with Crippen LogP contribution >= 0.6 is 0 Å².